The molecule has 0 N–H and O–H groups in total. The van der Waals surface area contributed by atoms with Crippen molar-refractivity contribution < 1.29 is 14.5 Å². The highest BCUT2D eigenvalue weighted by Gasteiger charge is 2.34. The van der Waals surface area contributed by atoms with E-state index in [1.807, 2.05) is 17.5 Å². The molecule has 0 saturated heterocycles. The number of hydrazone groups is 1. The Bertz CT molecular complexity index is 1060. The maximum Gasteiger partial charge on any atom is 0.274 e. The van der Waals surface area contributed by atoms with Crippen LogP contribution in [-0.4, -0.2) is 28.7 Å². The van der Waals surface area contributed by atoms with E-state index < -0.39 is 4.92 Å². The number of carbonyl (C=O) groups is 1. The van der Waals surface area contributed by atoms with Crippen molar-refractivity contribution in [1.82, 2.24) is 5.01 Å². The number of rotatable bonds is 5. The van der Waals surface area contributed by atoms with Crippen molar-refractivity contribution in [2.75, 3.05) is 7.11 Å². The molecular formula is C21H17N3O4S. The lowest BCUT2D eigenvalue weighted by Gasteiger charge is -2.22. The second kappa shape index (κ2) is 7.84. The zero-order valence-corrected chi connectivity index (χ0v) is 16.3. The van der Waals surface area contributed by atoms with E-state index >= 15 is 0 Å². The van der Waals surface area contributed by atoms with Crippen LogP contribution in [0, 0.1) is 10.1 Å². The number of hydrogen-bond acceptors (Lipinski definition) is 6. The van der Waals surface area contributed by atoms with Crippen LogP contribution in [0.15, 0.2) is 71.1 Å². The third-order valence-electron chi connectivity index (χ3n) is 4.75. The van der Waals surface area contributed by atoms with Gasteiger partial charge in [0.1, 0.15) is 5.75 Å². The van der Waals surface area contributed by atoms with Crippen LogP contribution >= 0.6 is 11.3 Å². The molecule has 1 aromatic heterocycles. The Kier molecular flexibility index (Phi) is 5.09. The van der Waals surface area contributed by atoms with Crippen LogP contribution in [0.2, 0.25) is 0 Å². The summed E-state index contributed by atoms with van der Waals surface area (Å²) in [5, 5.41) is 19.0. The molecule has 2 heterocycles. The molecule has 1 amide bonds. The second-order valence-corrected chi connectivity index (χ2v) is 7.42. The van der Waals surface area contributed by atoms with Crippen molar-refractivity contribution >= 4 is 28.6 Å². The molecule has 1 unspecified atom stereocenters. The van der Waals surface area contributed by atoms with Crippen molar-refractivity contribution in [2.45, 2.75) is 12.5 Å². The molecule has 0 aliphatic carbocycles. The normalized spacial score (nSPS) is 15.8. The molecule has 146 valence electrons. The first-order valence-corrected chi connectivity index (χ1v) is 9.78. The summed E-state index contributed by atoms with van der Waals surface area (Å²) in [6.07, 6.45) is 0.542. The summed E-state index contributed by atoms with van der Waals surface area (Å²) >= 11 is 1.56. The van der Waals surface area contributed by atoms with E-state index in [0.29, 0.717) is 17.7 Å². The van der Waals surface area contributed by atoms with Crippen molar-refractivity contribution in [3.8, 4) is 5.75 Å². The summed E-state index contributed by atoms with van der Waals surface area (Å²) in [6, 6.07) is 16.7. The van der Waals surface area contributed by atoms with Crippen molar-refractivity contribution in [2.24, 2.45) is 5.10 Å². The number of amides is 1. The Balaban J connectivity index is 1.68. The Morgan fingerprint density at radius 3 is 2.48 bits per heavy atom. The molecule has 29 heavy (non-hydrogen) atoms. The minimum atomic E-state index is -0.438. The molecule has 4 rings (SSSR count). The van der Waals surface area contributed by atoms with Gasteiger partial charge in [0.15, 0.2) is 0 Å². The first-order chi connectivity index (χ1) is 14.1. The minimum Gasteiger partial charge on any atom is -0.497 e. The molecule has 0 spiro atoms. The standard InChI is InChI=1S/C21H17N3O4S/c1-28-17-10-6-15(7-11-17)21(25)23-19(13-18(22-23)20-3-2-12-29-20)14-4-8-16(9-5-14)24(26)27/h2-12,19H,13H2,1H3. The maximum absolute atomic E-state index is 13.2. The highest BCUT2D eigenvalue weighted by molar-refractivity contribution is 7.12. The Hall–Kier alpha value is -3.52. The minimum absolute atomic E-state index is 0.0131. The van der Waals surface area contributed by atoms with E-state index in [-0.39, 0.29) is 17.6 Å². The number of nitrogens with zero attached hydrogens (tertiary/aromatic N) is 3. The number of benzene rings is 2. The van der Waals surface area contributed by atoms with Crippen LogP contribution < -0.4 is 4.74 Å². The fraction of sp³-hybridized carbons (Fsp3) is 0.143. The zero-order valence-electron chi connectivity index (χ0n) is 15.5. The zero-order chi connectivity index (χ0) is 20.4. The van der Waals surface area contributed by atoms with Gasteiger partial charge in [-0.2, -0.15) is 5.10 Å². The molecule has 7 nitrogen and oxygen atoms in total. The van der Waals surface area contributed by atoms with Crippen molar-refractivity contribution in [3.63, 3.8) is 0 Å². The van der Waals surface area contributed by atoms with E-state index in [1.54, 1.807) is 54.8 Å². The van der Waals surface area contributed by atoms with Crippen LogP contribution in [0.3, 0.4) is 0 Å². The van der Waals surface area contributed by atoms with E-state index in [2.05, 4.69) is 5.10 Å². The van der Waals surface area contributed by atoms with Crippen LogP contribution in [0.25, 0.3) is 0 Å². The molecular weight excluding hydrogens is 390 g/mol. The average molecular weight is 407 g/mol. The molecule has 0 bridgehead atoms. The summed E-state index contributed by atoms with van der Waals surface area (Å²) in [5.74, 6) is 0.431. The molecule has 1 aliphatic heterocycles. The quantitative estimate of drug-likeness (QED) is 0.455. The first-order valence-electron chi connectivity index (χ1n) is 8.90. The number of nitro benzene ring substituents is 1. The highest BCUT2D eigenvalue weighted by Crippen LogP contribution is 2.35. The highest BCUT2D eigenvalue weighted by atomic mass is 32.1. The molecule has 3 aromatic rings. The van der Waals surface area contributed by atoms with Gasteiger partial charge in [-0.05, 0) is 41.3 Å². The fourth-order valence-electron chi connectivity index (χ4n) is 3.23. The first kappa shape index (κ1) is 18.8. The number of hydrogen-bond donors (Lipinski definition) is 0. The lowest BCUT2D eigenvalue weighted by atomic mass is 10.0. The van der Waals surface area contributed by atoms with E-state index in [1.165, 1.54) is 17.1 Å². The van der Waals surface area contributed by atoms with Gasteiger partial charge in [-0.25, -0.2) is 5.01 Å². The molecule has 0 radical (unpaired) electrons. The van der Waals surface area contributed by atoms with Gasteiger partial charge in [0.25, 0.3) is 11.6 Å². The molecule has 1 aliphatic rings. The number of ether oxygens (including phenoxy) is 1. The number of carbonyl (C=O) groups excluding carboxylic acids is 1. The molecule has 0 fully saturated rings. The van der Waals surface area contributed by atoms with Crippen molar-refractivity contribution in [1.29, 1.82) is 0 Å². The number of non-ortho nitro benzene ring substituents is 1. The number of nitro groups is 1. The maximum atomic E-state index is 13.2. The third kappa shape index (κ3) is 3.74. The SMILES string of the molecule is COc1ccc(C(=O)N2N=C(c3cccs3)CC2c2ccc([N+](=O)[O-])cc2)cc1. The average Bonchev–Trinajstić information content (AvgIpc) is 3.43. The summed E-state index contributed by atoms with van der Waals surface area (Å²) in [7, 11) is 1.57. The lowest BCUT2D eigenvalue weighted by molar-refractivity contribution is -0.384. The monoisotopic (exact) mass is 407 g/mol. The number of thiophene rings is 1. The van der Waals surface area contributed by atoms with Crippen LogP contribution in [0.1, 0.15) is 33.3 Å². The second-order valence-electron chi connectivity index (χ2n) is 6.47. The van der Waals surface area contributed by atoms with Gasteiger partial charge >= 0.3 is 0 Å². The topological polar surface area (TPSA) is 85.0 Å². The fourth-order valence-corrected chi connectivity index (χ4v) is 3.95. The number of methoxy groups -OCH3 is 1. The smallest absolute Gasteiger partial charge is 0.274 e. The van der Waals surface area contributed by atoms with Gasteiger partial charge in [0.05, 0.1) is 28.7 Å². The Labute approximate surface area is 171 Å². The Morgan fingerprint density at radius 2 is 1.90 bits per heavy atom. The van der Waals surface area contributed by atoms with Gasteiger partial charge in [0, 0.05) is 24.1 Å². The summed E-state index contributed by atoms with van der Waals surface area (Å²) in [4.78, 5) is 24.7. The molecule has 2 aromatic carbocycles. The van der Waals surface area contributed by atoms with Crippen molar-refractivity contribution in [3.05, 3.63) is 92.2 Å². The van der Waals surface area contributed by atoms with Gasteiger partial charge in [-0.1, -0.05) is 18.2 Å². The predicted molar refractivity (Wildman–Crippen MR) is 110 cm³/mol. The molecule has 0 saturated carbocycles. The van der Waals surface area contributed by atoms with Gasteiger partial charge in [-0.3, -0.25) is 14.9 Å². The van der Waals surface area contributed by atoms with E-state index in [0.717, 1.165) is 16.2 Å². The lowest BCUT2D eigenvalue weighted by Crippen LogP contribution is -2.27. The third-order valence-corrected chi connectivity index (χ3v) is 5.67. The predicted octanol–water partition coefficient (Wildman–Crippen LogP) is 4.66. The van der Waals surface area contributed by atoms with Crippen LogP contribution in [0.4, 0.5) is 5.69 Å². The van der Waals surface area contributed by atoms with Crippen LogP contribution in [0.5, 0.6) is 5.75 Å². The Morgan fingerprint density at radius 1 is 1.17 bits per heavy atom. The van der Waals surface area contributed by atoms with E-state index in [4.69, 9.17) is 4.74 Å². The summed E-state index contributed by atoms with van der Waals surface area (Å²) < 4.78 is 5.16. The summed E-state index contributed by atoms with van der Waals surface area (Å²) in [5.41, 5.74) is 2.13. The van der Waals surface area contributed by atoms with Crippen LogP contribution in [-0.2, 0) is 0 Å². The summed E-state index contributed by atoms with van der Waals surface area (Å²) in [6.45, 7) is 0. The van der Waals surface area contributed by atoms with E-state index in [9.17, 15) is 14.9 Å². The van der Waals surface area contributed by atoms with Gasteiger partial charge in [-0.15, -0.1) is 11.3 Å². The molecule has 1 atom stereocenters. The van der Waals surface area contributed by atoms with Gasteiger partial charge in [0.2, 0.25) is 0 Å². The molecule has 8 heteroatoms. The van der Waals surface area contributed by atoms with Gasteiger partial charge < -0.3 is 4.74 Å². The largest absolute Gasteiger partial charge is 0.497 e.